The molecule has 2 aromatic carbocycles. The van der Waals surface area contributed by atoms with Crippen molar-refractivity contribution in [2.75, 3.05) is 6.61 Å². The molecule has 4 N–H and O–H groups in total. The number of aliphatic hydroxyl groups excluding tert-OH is 3. The maximum atomic E-state index is 12.2. The van der Waals surface area contributed by atoms with E-state index in [1.165, 1.54) is 0 Å². The van der Waals surface area contributed by atoms with Crippen LogP contribution in [-0.2, 0) is 22.8 Å². The number of carbonyl (C=O) groups excluding carboxylic acids is 1. The van der Waals surface area contributed by atoms with Gasteiger partial charge in [0.15, 0.2) is 0 Å². The van der Waals surface area contributed by atoms with E-state index in [-0.39, 0.29) is 37.4 Å². The first-order valence-electron chi connectivity index (χ1n) is 13.6. The fourth-order valence-electron chi connectivity index (χ4n) is 4.68. The second-order valence-electron chi connectivity index (χ2n) is 10.0. The highest BCUT2D eigenvalue weighted by Crippen LogP contribution is 2.36. The second kappa shape index (κ2) is 16.7. The number of carbonyl (C=O) groups is 1. The minimum atomic E-state index is -0.879. The summed E-state index contributed by atoms with van der Waals surface area (Å²) in [6.07, 6.45) is 7.63. The first-order valence-corrected chi connectivity index (χ1v) is 14.0. The molecule has 41 heavy (non-hydrogen) atoms. The Bertz CT molecular complexity index is 1170. The lowest BCUT2D eigenvalue weighted by molar-refractivity contribution is -0.763. The number of aliphatic hydroxyl groups is 3. The zero-order valence-electron chi connectivity index (χ0n) is 22.7. The molecule has 11 heteroatoms. The standard InChI is InChI=1S/C30H37ClN2O8/c31-23-6-5-7-25(16-23)40-20-24(34)14-15-27-26(28(35)17-29(27)36)8-3-1-2-4-9-30(37)32-18-21-10-12-22(13-11-21)19-41-33(38)39/h1,3,5-7,10-16,24,26-29,34-36H,2,4,8-9,17-20H2,(H,32,37)/t24-,26-,27-,28+,29-/m1/s1. The van der Waals surface area contributed by atoms with E-state index in [9.17, 15) is 30.2 Å². The quantitative estimate of drug-likeness (QED) is 0.0988. The van der Waals surface area contributed by atoms with Gasteiger partial charge < -0.3 is 30.2 Å². The number of allylic oxidation sites excluding steroid dienone is 2. The van der Waals surface area contributed by atoms with Gasteiger partial charge in [0.25, 0.3) is 5.09 Å². The summed E-state index contributed by atoms with van der Waals surface area (Å²) in [6.45, 7) is 0.284. The molecular formula is C30H37ClN2O8. The highest BCUT2D eigenvalue weighted by atomic mass is 35.5. The van der Waals surface area contributed by atoms with Crippen LogP contribution in [0.2, 0.25) is 5.02 Å². The third-order valence-electron chi connectivity index (χ3n) is 6.89. The largest absolute Gasteiger partial charge is 0.491 e. The Balaban J connectivity index is 1.34. The van der Waals surface area contributed by atoms with Gasteiger partial charge in [-0.1, -0.05) is 66.2 Å². The number of hydrogen-bond acceptors (Lipinski definition) is 8. The first-order chi connectivity index (χ1) is 19.7. The Morgan fingerprint density at radius 3 is 2.63 bits per heavy atom. The van der Waals surface area contributed by atoms with Crippen LogP contribution in [0, 0.1) is 22.0 Å². The molecule has 0 unspecified atom stereocenters. The monoisotopic (exact) mass is 588 g/mol. The van der Waals surface area contributed by atoms with Crippen molar-refractivity contribution < 1.29 is 34.8 Å². The number of unbranched alkanes of at least 4 members (excludes halogenated alkanes) is 1. The minimum Gasteiger partial charge on any atom is -0.491 e. The molecule has 5 atom stereocenters. The molecule has 3 rings (SSSR count). The number of nitrogens with zero attached hydrogens (tertiary/aromatic N) is 1. The molecule has 1 amide bonds. The van der Waals surface area contributed by atoms with E-state index < -0.39 is 23.4 Å². The maximum Gasteiger partial charge on any atom is 0.294 e. The topological polar surface area (TPSA) is 151 Å². The Kier molecular flexibility index (Phi) is 13.1. The molecular weight excluding hydrogens is 552 g/mol. The van der Waals surface area contributed by atoms with Crippen molar-refractivity contribution in [2.45, 2.75) is 63.6 Å². The Morgan fingerprint density at radius 1 is 1.15 bits per heavy atom. The molecule has 1 fully saturated rings. The number of rotatable bonds is 16. The predicted molar refractivity (Wildman–Crippen MR) is 153 cm³/mol. The third-order valence-corrected chi connectivity index (χ3v) is 7.12. The number of ether oxygens (including phenoxy) is 1. The summed E-state index contributed by atoms with van der Waals surface area (Å²) in [5.74, 6) is 0.00297. The van der Waals surface area contributed by atoms with E-state index in [0.717, 1.165) is 5.56 Å². The van der Waals surface area contributed by atoms with Crippen LogP contribution in [-0.4, -0.2) is 51.2 Å². The lowest BCUT2D eigenvalue weighted by Crippen LogP contribution is -2.22. The zero-order chi connectivity index (χ0) is 29.6. The molecule has 0 radical (unpaired) electrons. The predicted octanol–water partition coefficient (Wildman–Crippen LogP) is 4.14. The molecule has 0 heterocycles. The van der Waals surface area contributed by atoms with E-state index in [1.807, 2.05) is 12.2 Å². The van der Waals surface area contributed by atoms with Gasteiger partial charge in [0.05, 0.1) is 12.2 Å². The van der Waals surface area contributed by atoms with E-state index in [4.69, 9.17) is 16.3 Å². The molecule has 0 aromatic heterocycles. The molecule has 10 nitrogen and oxygen atoms in total. The first kappa shape index (κ1) is 32.1. The van der Waals surface area contributed by atoms with Crippen LogP contribution in [0.15, 0.2) is 72.8 Å². The van der Waals surface area contributed by atoms with Gasteiger partial charge in [0, 0.05) is 30.3 Å². The van der Waals surface area contributed by atoms with Crippen LogP contribution in [0.3, 0.4) is 0 Å². The number of nitrogens with one attached hydrogen (secondary N) is 1. The SMILES string of the molecule is O=C(CCCC=CC[C@@H]1[C@@H](C=C[C@@H](O)COc2cccc(Cl)c2)[C@H](O)C[C@@H]1O)NCc1ccc(CO[N+](=O)[O-])cc1. The smallest absolute Gasteiger partial charge is 0.294 e. The van der Waals surface area contributed by atoms with Gasteiger partial charge in [0.1, 0.15) is 25.1 Å². The molecule has 0 spiro atoms. The summed E-state index contributed by atoms with van der Waals surface area (Å²) in [5.41, 5.74) is 1.55. The summed E-state index contributed by atoms with van der Waals surface area (Å²) in [5, 5.41) is 44.0. The summed E-state index contributed by atoms with van der Waals surface area (Å²) < 4.78 is 5.55. The molecule has 0 aliphatic heterocycles. The van der Waals surface area contributed by atoms with Crippen LogP contribution >= 0.6 is 11.6 Å². The summed E-state index contributed by atoms with van der Waals surface area (Å²) in [6, 6.07) is 13.9. The molecule has 1 aliphatic rings. The molecule has 1 saturated carbocycles. The van der Waals surface area contributed by atoms with Gasteiger partial charge in [0.2, 0.25) is 5.91 Å². The Hall–Kier alpha value is -3.44. The van der Waals surface area contributed by atoms with Gasteiger partial charge in [-0.2, -0.15) is 0 Å². The number of benzene rings is 2. The zero-order valence-corrected chi connectivity index (χ0v) is 23.4. The van der Waals surface area contributed by atoms with Crippen molar-refractivity contribution in [3.63, 3.8) is 0 Å². The van der Waals surface area contributed by atoms with Crippen molar-refractivity contribution in [1.29, 1.82) is 0 Å². The fourth-order valence-corrected chi connectivity index (χ4v) is 4.86. The lowest BCUT2D eigenvalue weighted by atomic mass is 9.89. The molecule has 222 valence electrons. The van der Waals surface area contributed by atoms with E-state index in [1.54, 1.807) is 60.7 Å². The van der Waals surface area contributed by atoms with Crippen LogP contribution in [0.5, 0.6) is 5.75 Å². The maximum absolute atomic E-state index is 12.2. The van der Waals surface area contributed by atoms with Crippen LogP contribution < -0.4 is 10.1 Å². The number of amides is 1. The molecule has 0 bridgehead atoms. The normalized spacial score (nSPS) is 21.3. The molecule has 0 saturated heterocycles. The average Bonchev–Trinajstić information content (AvgIpc) is 3.22. The van der Waals surface area contributed by atoms with Crippen molar-refractivity contribution in [2.24, 2.45) is 11.8 Å². The lowest BCUT2D eigenvalue weighted by Gasteiger charge is -2.19. The number of halogens is 1. The Labute approximate surface area is 244 Å². The fraction of sp³-hybridized carbons (Fsp3) is 0.433. The van der Waals surface area contributed by atoms with Crippen molar-refractivity contribution >= 4 is 17.5 Å². The summed E-state index contributed by atoms with van der Waals surface area (Å²) in [7, 11) is 0. The second-order valence-corrected chi connectivity index (χ2v) is 10.5. The highest BCUT2D eigenvalue weighted by molar-refractivity contribution is 6.30. The van der Waals surface area contributed by atoms with Crippen molar-refractivity contribution in [3.05, 3.63) is 99.1 Å². The van der Waals surface area contributed by atoms with Gasteiger partial charge in [-0.3, -0.25) is 4.79 Å². The van der Waals surface area contributed by atoms with E-state index >= 15 is 0 Å². The van der Waals surface area contributed by atoms with E-state index in [0.29, 0.717) is 48.6 Å². The minimum absolute atomic E-state index is 0.0358. The summed E-state index contributed by atoms with van der Waals surface area (Å²) in [4.78, 5) is 26.7. The van der Waals surface area contributed by atoms with Crippen LogP contribution in [0.4, 0.5) is 0 Å². The van der Waals surface area contributed by atoms with Crippen LogP contribution in [0.25, 0.3) is 0 Å². The highest BCUT2D eigenvalue weighted by Gasteiger charge is 2.39. The number of hydrogen-bond donors (Lipinski definition) is 4. The van der Waals surface area contributed by atoms with Gasteiger partial charge in [-0.25, -0.2) is 0 Å². The van der Waals surface area contributed by atoms with Crippen molar-refractivity contribution in [3.8, 4) is 5.75 Å². The summed E-state index contributed by atoms with van der Waals surface area (Å²) >= 11 is 5.94. The van der Waals surface area contributed by atoms with Gasteiger partial charge >= 0.3 is 0 Å². The van der Waals surface area contributed by atoms with Gasteiger partial charge in [-0.15, -0.1) is 10.1 Å². The third kappa shape index (κ3) is 11.5. The average molecular weight is 589 g/mol. The molecule has 1 aliphatic carbocycles. The van der Waals surface area contributed by atoms with E-state index in [2.05, 4.69) is 10.2 Å². The molecule has 2 aromatic rings. The van der Waals surface area contributed by atoms with Gasteiger partial charge in [-0.05, 0) is 54.5 Å². The Morgan fingerprint density at radius 2 is 1.90 bits per heavy atom. The van der Waals surface area contributed by atoms with Crippen molar-refractivity contribution in [1.82, 2.24) is 5.32 Å². The van der Waals surface area contributed by atoms with Crippen LogP contribution in [0.1, 0.15) is 43.2 Å².